The van der Waals surface area contributed by atoms with Gasteiger partial charge in [-0.2, -0.15) is 0 Å². The van der Waals surface area contributed by atoms with Crippen LogP contribution in [0, 0.1) is 6.92 Å². The first-order valence-corrected chi connectivity index (χ1v) is 10.9. The van der Waals surface area contributed by atoms with E-state index in [1.165, 1.54) is 43.2 Å². The van der Waals surface area contributed by atoms with Crippen LogP contribution < -0.4 is 4.90 Å². The van der Waals surface area contributed by atoms with E-state index >= 15 is 0 Å². The number of hydrogen-bond donors (Lipinski definition) is 1. The predicted octanol–water partition coefficient (Wildman–Crippen LogP) is 6.24. The van der Waals surface area contributed by atoms with Crippen LogP contribution in [0.3, 0.4) is 0 Å². The SMILES string of the molecule is CCCCCCCc1ccc2nc(N(C)CC(=O)O)cc(-c3ccc(C)cc3)c2c1. The van der Waals surface area contributed by atoms with Crippen molar-refractivity contribution in [3.8, 4) is 11.1 Å². The average molecular weight is 405 g/mol. The minimum Gasteiger partial charge on any atom is -0.480 e. The molecule has 1 heterocycles. The summed E-state index contributed by atoms with van der Waals surface area (Å²) in [5.41, 5.74) is 5.67. The number of fused-ring (bicyclic) bond motifs is 1. The number of carboxylic acid groups (broad SMARTS) is 1. The molecule has 0 atom stereocenters. The molecule has 158 valence electrons. The smallest absolute Gasteiger partial charge is 0.323 e. The number of carbonyl (C=O) groups is 1. The maximum absolute atomic E-state index is 11.2. The Kier molecular flexibility index (Phi) is 7.45. The fourth-order valence-corrected chi connectivity index (χ4v) is 3.80. The third kappa shape index (κ3) is 5.59. The maximum Gasteiger partial charge on any atom is 0.323 e. The molecule has 0 aliphatic rings. The summed E-state index contributed by atoms with van der Waals surface area (Å²) in [5.74, 6) is -0.192. The van der Waals surface area contributed by atoms with E-state index in [9.17, 15) is 9.90 Å². The first-order valence-electron chi connectivity index (χ1n) is 10.9. The summed E-state index contributed by atoms with van der Waals surface area (Å²) in [6.45, 7) is 4.24. The van der Waals surface area contributed by atoms with Gasteiger partial charge in [-0.05, 0) is 54.7 Å². The van der Waals surface area contributed by atoms with E-state index in [1.54, 1.807) is 11.9 Å². The zero-order valence-corrected chi connectivity index (χ0v) is 18.3. The van der Waals surface area contributed by atoms with Crippen LogP contribution in [0.5, 0.6) is 0 Å². The Hall–Kier alpha value is -2.88. The van der Waals surface area contributed by atoms with Crippen molar-refractivity contribution in [2.75, 3.05) is 18.5 Å². The van der Waals surface area contributed by atoms with Gasteiger partial charge in [-0.1, -0.05) is 68.5 Å². The largest absolute Gasteiger partial charge is 0.480 e. The van der Waals surface area contributed by atoms with Crippen molar-refractivity contribution in [1.82, 2.24) is 4.98 Å². The number of nitrogens with zero attached hydrogens (tertiary/aromatic N) is 2. The van der Waals surface area contributed by atoms with Gasteiger partial charge in [-0.25, -0.2) is 4.98 Å². The van der Waals surface area contributed by atoms with Crippen LogP contribution >= 0.6 is 0 Å². The highest BCUT2D eigenvalue weighted by Crippen LogP contribution is 2.32. The second-order valence-electron chi connectivity index (χ2n) is 8.16. The molecule has 3 rings (SSSR count). The summed E-state index contributed by atoms with van der Waals surface area (Å²) >= 11 is 0. The minimum atomic E-state index is -0.866. The van der Waals surface area contributed by atoms with Gasteiger partial charge in [-0.3, -0.25) is 4.79 Å². The number of anilines is 1. The normalized spacial score (nSPS) is 11.0. The predicted molar refractivity (Wildman–Crippen MR) is 125 cm³/mol. The van der Waals surface area contributed by atoms with Crippen molar-refractivity contribution >= 4 is 22.7 Å². The van der Waals surface area contributed by atoms with Gasteiger partial charge in [-0.15, -0.1) is 0 Å². The standard InChI is InChI=1S/C26H32N2O2/c1-4-5-6-7-8-9-20-12-15-24-23(16-20)22(21-13-10-19(2)11-14-21)17-25(27-24)28(3)18-26(29)30/h10-17H,4-9,18H2,1-3H3,(H,29,30). The summed E-state index contributed by atoms with van der Waals surface area (Å²) in [4.78, 5) is 17.6. The Balaban J connectivity index is 1.98. The third-order valence-corrected chi connectivity index (χ3v) is 5.55. The summed E-state index contributed by atoms with van der Waals surface area (Å²) in [7, 11) is 1.77. The fraction of sp³-hybridized carbons (Fsp3) is 0.385. The Labute approximate surface area is 179 Å². The van der Waals surface area contributed by atoms with Gasteiger partial charge in [0.25, 0.3) is 0 Å². The third-order valence-electron chi connectivity index (χ3n) is 5.55. The number of aliphatic carboxylic acids is 1. The van der Waals surface area contributed by atoms with Gasteiger partial charge in [0.05, 0.1) is 5.52 Å². The molecular formula is C26H32N2O2. The van der Waals surface area contributed by atoms with Gasteiger partial charge >= 0.3 is 5.97 Å². The molecule has 4 nitrogen and oxygen atoms in total. The quantitative estimate of drug-likeness (QED) is 0.406. The van der Waals surface area contributed by atoms with Crippen molar-refractivity contribution in [1.29, 1.82) is 0 Å². The Morgan fingerprint density at radius 2 is 1.73 bits per heavy atom. The zero-order valence-electron chi connectivity index (χ0n) is 18.3. The minimum absolute atomic E-state index is 0.0817. The van der Waals surface area contributed by atoms with Gasteiger partial charge in [0.15, 0.2) is 0 Å². The number of likely N-dealkylation sites (N-methyl/N-ethyl adjacent to an activating group) is 1. The first-order chi connectivity index (χ1) is 14.5. The van der Waals surface area contributed by atoms with Crippen molar-refractivity contribution in [2.24, 2.45) is 0 Å². The van der Waals surface area contributed by atoms with E-state index in [4.69, 9.17) is 4.98 Å². The monoisotopic (exact) mass is 404 g/mol. The first kappa shape index (κ1) is 21.8. The van der Waals surface area contributed by atoms with E-state index in [0.29, 0.717) is 5.82 Å². The van der Waals surface area contributed by atoms with Crippen LogP contribution in [0.25, 0.3) is 22.0 Å². The Morgan fingerprint density at radius 3 is 2.43 bits per heavy atom. The number of unbranched alkanes of at least 4 members (excludes halogenated alkanes) is 4. The fourth-order valence-electron chi connectivity index (χ4n) is 3.80. The number of aryl methyl sites for hydroxylation is 2. The number of hydrogen-bond acceptors (Lipinski definition) is 3. The molecule has 0 fully saturated rings. The lowest BCUT2D eigenvalue weighted by molar-refractivity contribution is -0.135. The second-order valence-corrected chi connectivity index (χ2v) is 8.16. The van der Waals surface area contributed by atoms with E-state index in [-0.39, 0.29) is 6.54 Å². The lowest BCUT2D eigenvalue weighted by atomic mass is 9.97. The molecule has 1 aromatic heterocycles. The van der Waals surface area contributed by atoms with E-state index in [0.717, 1.165) is 28.5 Å². The van der Waals surface area contributed by atoms with Crippen molar-refractivity contribution in [3.63, 3.8) is 0 Å². The average Bonchev–Trinajstić information content (AvgIpc) is 2.73. The molecule has 0 saturated carbocycles. The zero-order chi connectivity index (χ0) is 21.5. The summed E-state index contributed by atoms with van der Waals surface area (Å²) in [5, 5.41) is 10.3. The van der Waals surface area contributed by atoms with Gasteiger partial charge in [0.2, 0.25) is 0 Å². The molecule has 0 unspecified atom stereocenters. The molecule has 0 aliphatic carbocycles. The molecule has 4 heteroatoms. The van der Waals surface area contributed by atoms with Gasteiger partial charge < -0.3 is 10.0 Å². The van der Waals surface area contributed by atoms with E-state index in [2.05, 4.69) is 56.3 Å². The molecule has 1 N–H and O–H groups in total. The van der Waals surface area contributed by atoms with Crippen LogP contribution in [0.15, 0.2) is 48.5 Å². The summed E-state index contributed by atoms with van der Waals surface area (Å²) < 4.78 is 0. The molecule has 0 saturated heterocycles. The highest BCUT2D eigenvalue weighted by Gasteiger charge is 2.13. The number of aromatic nitrogens is 1. The van der Waals surface area contributed by atoms with Crippen LogP contribution in [0.2, 0.25) is 0 Å². The highest BCUT2D eigenvalue weighted by molar-refractivity contribution is 5.96. The molecule has 0 aliphatic heterocycles. The molecule has 30 heavy (non-hydrogen) atoms. The number of benzene rings is 2. The lowest BCUT2D eigenvalue weighted by Gasteiger charge is -2.19. The lowest BCUT2D eigenvalue weighted by Crippen LogP contribution is -2.26. The number of pyridine rings is 1. The molecule has 0 radical (unpaired) electrons. The number of carboxylic acids is 1. The van der Waals surface area contributed by atoms with Crippen molar-refractivity contribution in [3.05, 3.63) is 59.7 Å². The van der Waals surface area contributed by atoms with Crippen molar-refractivity contribution in [2.45, 2.75) is 52.4 Å². The molecular weight excluding hydrogens is 372 g/mol. The highest BCUT2D eigenvalue weighted by atomic mass is 16.4. The second kappa shape index (κ2) is 10.2. The van der Waals surface area contributed by atoms with Crippen LogP contribution in [-0.4, -0.2) is 29.7 Å². The van der Waals surface area contributed by atoms with E-state index < -0.39 is 5.97 Å². The van der Waals surface area contributed by atoms with Crippen LogP contribution in [0.4, 0.5) is 5.82 Å². The maximum atomic E-state index is 11.2. The molecule has 0 bridgehead atoms. The Bertz CT molecular complexity index is 996. The topological polar surface area (TPSA) is 53.4 Å². The summed E-state index contributed by atoms with van der Waals surface area (Å²) in [6.07, 6.45) is 7.44. The molecule has 3 aromatic rings. The molecule has 0 amide bonds. The summed E-state index contributed by atoms with van der Waals surface area (Å²) in [6, 6.07) is 17.0. The van der Waals surface area contributed by atoms with Crippen molar-refractivity contribution < 1.29 is 9.90 Å². The van der Waals surface area contributed by atoms with Crippen LogP contribution in [0.1, 0.15) is 50.2 Å². The van der Waals surface area contributed by atoms with Crippen LogP contribution in [-0.2, 0) is 11.2 Å². The van der Waals surface area contributed by atoms with Gasteiger partial charge in [0.1, 0.15) is 12.4 Å². The molecule has 0 spiro atoms. The van der Waals surface area contributed by atoms with E-state index in [1.807, 2.05) is 6.07 Å². The molecule has 2 aromatic carbocycles. The number of rotatable bonds is 10. The van der Waals surface area contributed by atoms with Gasteiger partial charge in [0, 0.05) is 12.4 Å². The Morgan fingerprint density at radius 1 is 1.00 bits per heavy atom.